The smallest absolute Gasteiger partial charge is 0.407 e. The topological polar surface area (TPSA) is 93.7 Å². The summed E-state index contributed by atoms with van der Waals surface area (Å²) in [6, 6.07) is -0.758. The van der Waals surface area contributed by atoms with Crippen molar-refractivity contribution in [2.24, 2.45) is 5.41 Å². The van der Waals surface area contributed by atoms with E-state index in [2.05, 4.69) is 50.5 Å². The maximum atomic E-state index is 12.5. The number of carbonyl (C=O) groups excluding carboxylic acids is 3. The summed E-state index contributed by atoms with van der Waals surface area (Å²) in [4.78, 5) is 36.4. The minimum atomic E-state index is -0.758. The van der Waals surface area contributed by atoms with Crippen LogP contribution in [0.15, 0.2) is 58.7 Å². The summed E-state index contributed by atoms with van der Waals surface area (Å²) < 4.78 is 10.0. The Morgan fingerprint density at radius 1 is 1.08 bits per heavy atom. The first-order chi connectivity index (χ1) is 18.1. The molecule has 0 aliphatic heterocycles. The van der Waals surface area contributed by atoms with Crippen molar-refractivity contribution in [2.75, 3.05) is 13.7 Å². The summed E-state index contributed by atoms with van der Waals surface area (Å²) in [7, 11) is 1.30. The molecule has 0 radical (unpaired) electrons. The Balaban J connectivity index is 2.61. The summed E-state index contributed by atoms with van der Waals surface area (Å²) in [6.45, 7) is 16.6. The Bertz CT molecular complexity index is 1010. The molecule has 1 rings (SSSR count). The van der Waals surface area contributed by atoms with E-state index in [4.69, 9.17) is 9.47 Å². The van der Waals surface area contributed by atoms with Crippen LogP contribution in [0.3, 0.4) is 0 Å². The first kappa shape index (κ1) is 33.9. The largest absolute Gasteiger partial charge is 0.467 e. The predicted molar refractivity (Wildman–Crippen MR) is 158 cm³/mol. The molecule has 39 heavy (non-hydrogen) atoms. The zero-order valence-corrected chi connectivity index (χ0v) is 25.5. The number of nitrogens with one attached hydrogen (secondary N) is 2. The van der Waals surface area contributed by atoms with Crippen molar-refractivity contribution >= 4 is 18.0 Å². The number of unbranched alkanes of at least 4 members (excludes halogenated alkanes) is 1. The lowest BCUT2D eigenvalue weighted by molar-refractivity contribution is -0.144. The van der Waals surface area contributed by atoms with Gasteiger partial charge in [0.2, 0.25) is 5.91 Å². The molecule has 0 saturated heterocycles. The third-order valence-corrected chi connectivity index (χ3v) is 6.52. The molecule has 0 aromatic heterocycles. The zero-order chi connectivity index (χ0) is 29.6. The molecule has 1 aliphatic rings. The van der Waals surface area contributed by atoms with Crippen LogP contribution in [0, 0.1) is 5.41 Å². The third-order valence-electron chi connectivity index (χ3n) is 6.52. The molecule has 0 heterocycles. The van der Waals surface area contributed by atoms with Crippen molar-refractivity contribution in [1.82, 2.24) is 10.6 Å². The van der Waals surface area contributed by atoms with Gasteiger partial charge in [-0.25, -0.2) is 9.59 Å². The number of alkyl carbamates (subject to hydrolysis) is 1. The predicted octanol–water partition coefficient (Wildman–Crippen LogP) is 6.87. The van der Waals surface area contributed by atoms with Crippen LogP contribution in [0.5, 0.6) is 0 Å². The summed E-state index contributed by atoms with van der Waals surface area (Å²) in [5.74, 6) is -0.858. The average molecular weight is 543 g/mol. The molecule has 0 aromatic carbocycles. The first-order valence-electron chi connectivity index (χ1n) is 13.9. The molecule has 7 nitrogen and oxygen atoms in total. The average Bonchev–Trinajstić information content (AvgIpc) is 2.80. The van der Waals surface area contributed by atoms with E-state index in [1.54, 1.807) is 20.8 Å². The third kappa shape index (κ3) is 14.0. The minimum absolute atomic E-state index is 0.209. The maximum Gasteiger partial charge on any atom is 0.407 e. The number of amides is 2. The normalized spacial score (nSPS) is 17.4. The van der Waals surface area contributed by atoms with Gasteiger partial charge < -0.3 is 20.1 Å². The second-order valence-electron chi connectivity index (χ2n) is 11.9. The molecule has 7 heteroatoms. The molecule has 1 aliphatic carbocycles. The standard InChI is InChI=1S/C32H50N2O5/c1-23(18-19-26-25(3)16-13-20-32(26,7)8)14-12-15-24(2)22-28(35)34-27(29(36)38-9)17-10-11-21-33-30(37)39-31(4,5)6/h12,14-15,18-19,22,27H,10-11,13,16-17,20-21H2,1-9H3,(H,33,37)(H,34,35)/b15-12+,19-18+,23-14+,24-22+/t27-/m1/s1. The van der Waals surface area contributed by atoms with E-state index in [0.29, 0.717) is 25.8 Å². The van der Waals surface area contributed by atoms with Crippen LogP contribution in [-0.4, -0.2) is 43.3 Å². The van der Waals surface area contributed by atoms with Gasteiger partial charge >= 0.3 is 12.1 Å². The molecular weight excluding hydrogens is 492 g/mol. The van der Waals surface area contributed by atoms with Crippen LogP contribution in [0.2, 0.25) is 0 Å². The van der Waals surface area contributed by atoms with Gasteiger partial charge in [0.05, 0.1) is 7.11 Å². The van der Waals surface area contributed by atoms with Crippen molar-refractivity contribution in [2.45, 2.75) is 106 Å². The van der Waals surface area contributed by atoms with Gasteiger partial charge in [-0.05, 0) is 96.6 Å². The highest BCUT2D eigenvalue weighted by Crippen LogP contribution is 2.40. The molecule has 0 aromatic rings. The quantitative estimate of drug-likeness (QED) is 0.121. The fourth-order valence-corrected chi connectivity index (χ4v) is 4.47. The van der Waals surface area contributed by atoms with Crippen LogP contribution in [0.1, 0.15) is 93.9 Å². The number of allylic oxidation sites excluding steroid dienone is 9. The van der Waals surface area contributed by atoms with Crippen molar-refractivity contribution < 1.29 is 23.9 Å². The zero-order valence-electron chi connectivity index (χ0n) is 25.5. The molecule has 2 amide bonds. The summed E-state index contributed by atoms with van der Waals surface area (Å²) >= 11 is 0. The van der Waals surface area contributed by atoms with Gasteiger partial charge in [-0.2, -0.15) is 0 Å². The van der Waals surface area contributed by atoms with Gasteiger partial charge in [-0.1, -0.05) is 55.4 Å². The summed E-state index contributed by atoms with van der Waals surface area (Å²) in [5.41, 5.74) is 4.44. The number of methoxy groups -OCH3 is 1. The number of hydrogen-bond acceptors (Lipinski definition) is 5. The van der Waals surface area contributed by atoms with Gasteiger partial charge in [-0.3, -0.25) is 4.79 Å². The van der Waals surface area contributed by atoms with E-state index in [-0.39, 0.29) is 11.3 Å². The van der Waals surface area contributed by atoms with Gasteiger partial charge in [0.1, 0.15) is 11.6 Å². The highest BCUT2D eigenvalue weighted by atomic mass is 16.6. The Labute approximate surface area is 235 Å². The van der Waals surface area contributed by atoms with Crippen LogP contribution in [-0.2, 0) is 19.1 Å². The van der Waals surface area contributed by atoms with Crippen LogP contribution in [0.4, 0.5) is 4.79 Å². The van der Waals surface area contributed by atoms with Crippen LogP contribution < -0.4 is 10.6 Å². The van der Waals surface area contributed by atoms with Gasteiger partial charge in [-0.15, -0.1) is 0 Å². The van der Waals surface area contributed by atoms with Crippen molar-refractivity contribution in [1.29, 1.82) is 0 Å². The molecular formula is C32H50N2O5. The van der Waals surface area contributed by atoms with E-state index in [0.717, 1.165) is 11.1 Å². The Hall–Kier alpha value is -3.09. The van der Waals surface area contributed by atoms with Crippen LogP contribution in [0.25, 0.3) is 0 Å². The molecule has 0 saturated carbocycles. The SMILES string of the molecule is COC(=O)[C@@H](CCCCNC(=O)OC(C)(C)C)NC(=O)/C=C(C)/C=C/C=C(C)/C=C/C1=C(C)CCCC1(C)C. The number of carbonyl (C=O) groups is 3. The lowest BCUT2D eigenvalue weighted by atomic mass is 9.72. The van der Waals surface area contributed by atoms with Crippen molar-refractivity contribution in [3.05, 3.63) is 58.7 Å². The molecule has 0 spiro atoms. The number of rotatable bonds is 12. The highest BCUT2D eigenvalue weighted by molar-refractivity contribution is 5.92. The van der Waals surface area contributed by atoms with E-state index < -0.39 is 23.7 Å². The second kappa shape index (κ2) is 16.1. The highest BCUT2D eigenvalue weighted by Gasteiger charge is 2.26. The molecule has 2 N–H and O–H groups in total. The first-order valence-corrected chi connectivity index (χ1v) is 13.9. The number of hydrogen-bond donors (Lipinski definition) is 2. The summed E-state index contributed by atoms with van der Waals surface area (Å²) in [5, 5.41) is 5.42. The Morgan fingerprint density at radius 2 is 1.77 bits per heavy atom. The van der Waals surface area contributed by atoms with Gasteiger partial charge in [0, 0.05) is 12.6 Å². The van der Waals surface area contributed by atoms with Crippen molar-refractivity contribution in [3.8, 4) is 0 Å². The lowest BCUT2D eigenvalue weighted by Gasteiger charge is -2.32. The van der Waals surface area contributed by atoms with Gasteiger partial charge in [0.15, 0.2) is 0 Å². The minimum Gasteiger partial charge on any atom is -0.467 e. The van der Waals surface area contributed by atoms with E-state index in [9.17, 15) is 14.4 Å². The molecule has 0 bridgehead atoms. The molecule has 218 valence electrons. The van der Waals surface area contributed by atoms with Crippen LogP contribution >= 0.6 is 0 Å². The molecule has 1 atom stereocenters. The lowest BCUT2D eigenvalue weighted by Crippen LogP contribution is -2.41. The maximum absolute atomic E-state index is 12.5. The second-order valence-corrected chi connectivity index (χ2v) is 11.9. The monoisotopic (exact) mass is 542 g/mol. The number of esters is 1. The van der Waals surface area contributed by atoms with E-state index >= 15 is 0 Å². The molecule has 0 fully saturated rings. The number of ether oxygens (including phenoxy) is 2. The van der Waals surface area contributed by atoms with E-state index in [1.165, 1.54) is 43.6 Å². The molecule has 0 unspecified atom stereocenters. The Morgan fingerprint density at radius 3 is 2.38 bits per heavy atom. The van der Waals surface area contributed by atoms with Crippen molar-refractivity contribution in [3.63, 3.8) is 0 Å². The van der Waals surface area contributed by atoms with Gasteiger partial charge in [0.25, 0.3) is 0 Å². The fourth-order valence-electron chi connectivity index (χ4n) is 4.47. The fraction of sp³-hybridized carbons (Fsp3) is 0.594. The Kier molecular flexibility index (Phi) is 14.0. The van der Waals surface area contributed by atoms with E-state index in [1.807, 2.05) is 25.2 Å². The summed E-state index contributed by atoms with van der Waals surface area (Å²) in [6.07, 6.45) is 16.4.